The van der Waals surface area contributed by atoms with Gasteiger partial charge in [-0.05, 0) is 38.1 Å². The summed E-state index contributed by atoms with van der Waals surface area (Å²) in [5.74, 6) is -0.126. The van der Waals surface area contributed by atoms with Crippen molar-refractivity contribution in [3.8, 4) is 0 Å². The summed E-state index contributed by atoms with van der Waals surface area (Å²) in [6.45, 7) is 2.84. The zero-order valence-electron chi connectivity index (χ0n) is 11.0. The maximum absolute atomic E-state index is 10.7. The highest BCUT2D eigenvalue weighted by Crippen LogP contribution is 2.36. The van der Waals surface area contributed by atoms with Crippen molar-refractivity contribution in [1.82, 2.24) is 19.9 Å². The molecule has 1 aliphatic carbocycles. The lowest BCUT2D eigenvalue weighted by molar-refractivity contribution is 0.0690. The summed E-state index contributed by atoms with van der Waals surface area (Å²) >= 11 is 0. The summed E-state index contributed by atoms with van der Waals surface area (Å²) in [6.07, 6.45) is 8.25. The van der Waals surface area contributed by atoms with E-state index in [-0.39, 0.29) is 5.69 Å². The number of piperidine rings is 1. The number of nitrogens with zero attached hydrogens (tertiary/aromatic N) is 4. The zero-order valence-corrected chi connectivity index (χ0v) is 11.0. The lowest BCUT2D eigenvalue weighted by Crippen LogP contribution is -2.43. The molecule has 6 heteroatoms. The molecule has 19 heavy (non-hydrogen) atoms. The minimum Gasteiger partial charge on any atom is -0.476 e. The van der Waals surface area contributed by atoms with Crippen LogP contribution in [0.5, 0.6) is 0 Å². The lowest BCUT2D eigenvalue weighted by atomic mass is 9.92. The fraction of sp³-hybridized carbons (Fsp3) is 0.769. The number of carboxylic acids is 1. The van der Waals surface area contributed by atoms with Crippen molar-refractivity contribution in [2.45, 2.75) is 44.7 Å². The van der Waals surface area contributed by atoms with E-state index in [1.54, 1.807) is 4.68 Å². The average molecular weight is 264 g/mol. The highest BCUT2D eigenvalue weighted by Gasteiger charge is 2.34. The second-order valence-electron chi connectivity index (χ2n) is 5.61. The standard InChI is InChI=1S/C13H20N4O2/c18-13(19)11-9-17(15-14-11)8-7-16-6-2-4-10-3-1-5-12(10)16/h9-10,12H,1-8H2,(H,18,19). The predicted octanol–water partition coefficient (Wildman–Crippen LogP) is 1.24. The number of fused-ring (bicyclic) bond motifs is 1. The van der Waals surface area contributed by atoms with E-state index in [1.807, 2.05) is 0 Å². The molecule has 0 spiro atoms. The Balaban J connectivity index is 1.57. The molecule has 0 aromatic carbocycles. The molecule has 2 unspecified atom stereocenters. The van der Waals surface area contributed by atoms with Crippen molar-refractivity contribution in [2.24, 2.45) is 5.92 Å². The molecule has 6 nitrogen and oxygen atoms in total. The Hall–Kier alpha value is -1.43. The van der Waals surface area contributed by atoms with Gasteiger partial charge in [0.25, 0.3) is 0 Å². The molecule has 1 saturated heterocycles. The smallest absolute Gasteiger partial charge is 0.358 e. The van der Waals surface area contributed by atoms with Crippen molar-refractivity contribution in [2.75, 3.05) is 13.1 Å². The van der Waals surface area contributed by atoms with Gasteiger partial charge in [-0.3, -0.25) is 9.58 Å². The van der Waals surface area contributed by atoms with Gasteiger partial charge in [0.2, 0.25) is 0 Å². The first-order valence-electron chi connectivity index (χ1n) is 7.11. The van der Waals surface area contributed by atoms with Crippen LogP contribution in [-0.2, 0) is 6.54 Å². The molecule has 1 saturated carbocycles. The second kappa shape index (κ2) is 5.28. The van der Waals surface area contributed by atoms with Crippen LogP contribution in [0.4, 0.5) is 0 Å². The molecule has 2 fully saturated rings. The monoisotopic (exact) mass is 264 g/mol. The predicted molar refractivity (Wildman–Crippen MR) is 68.9 cm³/mol. The molecule has 2 aliphatic rings. The van der Waals surface area contributed by atoms with E-state index in [2.05, 4.69) is 15.2 Å². The SMILES string of the molecule is O=C(O)c1cn(CCN2CCCC3CCCC32)nn1. The number of hydrogen-bond acceptors (Lipinski definition) is 4. The molecule has 2 heterocycles. The van der Waals surface area contributed by atoms with Gasteiger partial charge in [0, 0.05) is 12.6 Å². The van der Waals surface area contributed by atoms with Crippen LogP contribution < -0.4 is 0 Å². The van der Waals surface area contributed by atoms with Crippen LogP contribution in [0.25, 0.3) is 0 Å². The normalized spacial score (nSPS) is 27.4. The highest BCUT2D eigenvalue weighted by molar-refractivity contribution is 5.84. The Morgan fingerprint density at radius 2 is 2.16 bits per heavy atom. The van der Waals surface area contributed by atoms with Crippen LogP contribution in [0, 0.1) is 5.92 Å². The van der Waals surface area contributed by atoms with E-state index >= 15 is 0 Å². The van der Waals surface area contributed by atoms with Crippen molar-refractivity contribution in [3.63, 3.8) is 0 Å². The zero-order chi connectivity index (χ0) is 13.2. The van der Waals surface area contributed by atoms with Crippen LogP contribution in [0.1, 0.15) is 42.6 Å². The fourth-order valence-corrected chi connectivity index (χ4v) is 3.57. The number of rotatable bonds is 4. The number of likely N-dealkylation sites (tertiary alicyclic amines) is 1. The first kappa shape index (κ1) is 12.6. The number of carbonyl (C=O) groups is 1. The van der Waals surface area contributed by atoms with Gasteiger partial charge in [0.1, 0.15) is 0 Å². The van der Waals surface area contributed by atoms with Gasteiger partial charge < -0.3 is 5.11 Å². The Labute approximate surface area is 112 Å². The largest absolute Gasteiger partial charge is 0.476 e. The Morgan fingerprint density at radius 3 is 2.95 bits per heavy atom. The quantitative estimate of drug-likeness (QED) is 0.886. The summed E-state index contributed by atoms with van der Waals surface area (Å²) < 4.78 is 1.64. The van der Waals surface area contributed by atoms with Gasteiger partial charge in [-0.2, -0.15) is 0 Å². The van der Waals surface area contributed by atoms with E-state index in [1.165, 1.54) is 44.8 Å². The van der Waals surface area contributed by atoms with Crippen LogP contribution in [0.15, 0.2) is 6.20 Å². The molecular formula is C13H20N4O2. The summed E-state index contributed by atoms with van der Waals surface area (Å²) in [4.78, 5) is 13.3. The van der Waals surface area contributed by atoms with Gasteiger partial charge in [0.15, 0.2) is 5.69 Å². The molecule has 1 aromatic heterocycles. The molecule has 1 N–H and O–H groups in total. The molecule has 104 valence electrons. The molecule has 0 bridgehead atoms. The van der Waals surface area contributed by atoms with E-state index in [4.69, 9.17) is 5.11 Å². The van der Waals surface area contributed by atoms with Crippen molar-refractivity contribution in [3.05, 3.63) is 11.9 Å². The van der Waals surface area contributed by atoms with Crippen LogP contribution in [0.2, 0.25) is 0 Å². The van der Waals surface area contributed by atoms with Crippen LogP contribution in [0.3, 0.4) is 0 Å². The molecule has 2 atom stereocenters. The van der Waals surface area contributed by atoms with E-state index in [0.29, 0.717) is 0 Å². The first-order chi connectivity index (χ1) is 9.24. The topological polar surface area (TPSA) is 71.2 Å². The average Bonchev–Trinajstić information content (AvgIpc) is 3.05. The Kier molecular flexibility index (Phi) is 3.50. The maximum atomic E-state index is 10.7. The van der Waals surface area contributed by atoms with E-state index < -0.39 is 5.97 Å². The molecule has 3 rings (SSSR count). The van der Waals surface area contributed by atoms with Gasteiger partial charge in [-0.25, -0.2) is 4.79 Å². The van der Waals surface area contributed by atoms with Crippen LogP contribution in [-0.4, -0.2) is 50.1 Å². The van der Waals surface area contributed by atoms with Crippen molar-refractivity contribution < 1.29 is 9.90 Å². The molecule has 1 aromatic rings. The molecule has 0 radical (unpaired) electrons. The maximum Gasteiger partial charge on any atom is 0.358 e. The summed E-state index contributed by atoms with van der Waals surface area (Å²) in [7, 11) is 0. The summed E-state index contributed by atoms with van der Waals surface area (Å²) in [5.41, 5.74) is 0.0254. The van der Waals surface area contributed by atoms with Gasteiger partial charge in [-0.15, -0.1) is 5.10 Å². The molecule has 1 aliphatic heterocycles. The number of carboxylic acid groups (broad SMARTS) is 1. The number of aromatic nitrogens is 3. The van der Waals surface area contributed by atoms with Crippen molar-refractivity contribution >= 4 is 5.97 Å². The summed E-state index contributed by atoms with van der Waals surface area (Å²) in [6, 6.07) is 0.746. The second-order valence-corrected chi connectivity index (χ2v) is 5.61. The van der Waals surface area contributed by atoms with Crippen LogP contribution >= 0.6 is 0 Å². The minimum absolute atomic E-state index is 0.0254. The number of aromatic carboxylic acids is 1. The minimum atomic E-state index is -1.01. The Morgan fingerprint density at radius 1 is 1.32 bits per heavy atom. The Bertz CT molecular complexity index is 459. The van der Waals surface area contributed by atoms with Gasteiger partial charge in [0.05, 0.1) is 12.7 Å². The number of hydrogen-bond donors (Lipinski definition) is 1. The third-order valence-electron chi connectivity index (χ3n) is 4.48. The summed E-state index contributed by atoms with van der Waals surface area (Å²) in [5, 5.41) is 16.3. The fourth-order valence-electron chi connectivity index (χ4n) is 3.57. The third kappa shape index (κ3) is 2.63. The molecular weight excluding hydrogens is 244 g/mol. The first-order valence-corrected chi connectivity index (χ1v) is 7.11. The van der Waals surface area contributed by atoms with Gasteiger partial charge >= 0.3 is 5.97 Å². The third-order valence-corrected chi connectivity index (χ3v) is 4.48. The van der Waals surface area contributed by atoms with E-state index in [9.17, 15) is 4.79 Å². The van der Waals surface area contributed by atoms with E-state index in [0.717, 1.165) is 25.0 Å². The lowest BCUT2D eigenvalue weighted by Gasteiger charge is -2.37. The van der Waals surface area contributed by atoms with Gasteiger partial charge in [-0.1, -0.05) is 11.6 Å². The van der Waals surface area contributed by atoms with Crippen molar-refractivity contribution in [1.29, 1.82) is 0 Å². The highest BCUT2D eigenvalue weighted by atomic mass is 16.4. The molecule has 0 amide bonds.